The van der Waals surface area contributed by atoms with Crippen LogP contribution in [-0.2, 0) is 0 Å². The zero-order chi connectivity index (χ0) is 14.3. The zero-order valence-electron chi connectivity index (χ0n) is 13.3. The van der Waals surface area contributed by atoms with Crippen LogP contribution < -0.4 is 5.32 Å². The van der Waals surface area contributed by atoms with Crippen molar-refractivity contribution in [1.29, 1.82) is 0 Å². The lowest BCUT2D eigenvalue weighted by molar-refractivity contribution is 0.0645. The van der Waals surface area contributed by atoms with Crippen LogP contribution in [0.5, 0.6) is 0 Å². The Balaban J connectivity index is 2.50. The molecule has 0 aromatic carbocycles. The van der Waals surface area contributed by atoms with Crippen molar-refractivity contribution in [2.45, 2.75) is 50.6 Å². The maximum atomic E-state index is 9.67. The SMILES string of the molecule is CCN(CCCN(C)C)C1CCCC(CO)(NC)C1. The van der Waals surface area contributed by atoms with Crippen molar-refractivity contribution in [1.82, 2.24) is 15.1 Å². The molecule has 1 fully saturated rings. The van der Waals surface area contributed by atoms with E-state index in [2.05, 4.69) is 36.1 Å². The van der Waals surface area contributed by atoms with E-state index in [1.54, 1.807) is 0 Å². The molecule has 1 aliphatic rings. The molecule has 19 heavy (non-hydrogen) atoms. The van der Waals surface area contributed by atoms with E-state index in [1.807, 2.05) is 7.05 Å². The number of hydrogen-bond acceptors (Lipinski definition) is 4. The van der Waals surface area contributed by atoms with Crippen molar-refractivity contribution < 1.29 is 5.11 Å². The van der Waals surface area contributed by atoms with E-state index in [0.717, 1.165) is 25.9 Å². The third kappa shape index (κ3) is 5.03. The molecule has 0 aromatic heterocycles. The third-order valence-electron chi connectivity index (χ3n) is 4.63. The monoisotopic (exact) mass is 271 g/mol. The van der Waals surface area contributed by atoms with Gasteiger partial charge in [-0.1, -0.05) is 6.92 Å². The summed E-state index contributed by atoms with van der Waals surface area (Å²) in [6.07, 6.45) is 5.90. The molecule has 0 saturated heterocycles. The molecule has 1 rings (SSSR count). The molecule has 114 valence electrons. The predicted molar refractivity (Wildman–Crippen MR) is 81.6 cm³/mol. The molecule has 2 N–H and O–H groups in total. The van der Waals surface area contributed by atoms with E-state index in [0.29, 0.717) is 6.04 Å². The van der Waals surface area contributed by atoms with Crippen LogP contribution in [0.4, 0.5) is 0 Å². The Hall–Kier alpha value is -0.160. The Morgan fingerprint density at radius 1 is 1.32 bits per heavy atom. The summed E-state index contributed by atoms with van der Waals surface area (Å²) in [5, 5.41) is 13.0. The lowest BCUT2D eigenvalue weighted by atomic mass is 9.79. The largest absolute Gasteiger partial charge is 0.394 e. The lowest BCUT2D eigenvalue weighted by Crippen LogP contribution is -2.54. The van der Waals surface area contributed by atoms with E-state index in [-0.39, 0.29) is 12.1 Å². The first kappa shape index (κ1) is 16.9. The Labute approximate surface area is 119 Å². The molecule has 0 spiro atoms. The van der Waals surface area contributed by atoms with Gasteiger partial charge in [0.15, 0.2) is 0 Å². The summed E-state index contributed by atoms with van der Waals surface area (Å²) in [7, 11) is 6.25. The van der Waals surface area contributed by atoms with Gasteiger partial charge in [-0.25, -0.2) is 0 Å². The van der Waals surface area contributed by atoms with Crippen molar-refractivity contribution in [2.24, 2.45) is 0 Å². The number of aliphatic hydroxyl groups excluding tert-OH is 1. The summed E-state index contributed by atoms with van der Waals surface area (Å²) in [6.45, 7) is 5.95. The second-order valence-electron chi connectivity index (χ2n) is 6.22. The fraction of sp³-hybridized carbons (Fsp3) is 1.00. The topological polar surface area (TPSA) is 38.7 Å². The summed E-state index contributed by atoms with van der Waals surface area (Å²) < 4.78 is 0. The van der Waals surface area contributed by atoms with E-state index in [4.69, 9.17) is 0 Å². The molecule has 1 saturated carbocycles. The molecule has 4 heteroatoms. The fourth-order valence-electron chi connectivity index (χ4n) is 3.28. The van der Waals surface area contributed by atoms with Crippen LogP contribution >= 0.6 is 0 Å². The highest BCUT2D eigenvalue weighted by Crippen LogP contribution is 2.30. The standard InChI is InChI=1S/C15H33N3O/c1-5-18(11-7-10-17(3)4)14-8-6-9-15(12-14,13-19)16-2/h14,16,19H,5-13H2,1-4H3. The normalized spacial score (nSPS) is 28.3. The summed E-state index contributed by atoms with van der Waals surface area (Å²) in [5.41, 5.74) is -0.0438. The van der Waals surface area contributed by atoms with Crippen molar-refractivity contribution in [2.75, 3.05) is 47.4 Å². The van der Waals surface area contributed by atoms with Gasteiger partial charge < -0.3 is 20.2 Å². The Morgan fingerprint density at radius 3 is 2.58 bits per heavy atom. The molecular formula is C15H33N3O. The quantitative estimate of drug-likeness (QED) is 0.695. The first-order chi connectivity index (χ1) is 9.06. The Bertz CT molecular complexity index is 242. The molecule has 2 unspecified atom stereocenters. The molecule has 0 aromatic rings. The number of nitrogens with zero attached hydrogens (tertiary/aromatic N) is 2. The Kier molecular flexibility index (Phi) is 7.29. The van der Waals surface area contributed by atoms with E-state index in [1.165, 1.54) is 25.8 Å². The van der Waals surface area contributed by atoms with Crippen LogP contribution in [0.1, 0.15) is 39.0 Å². The van der Waals surface area contributed by atoms with E-state index < -0.39 is 0 Å². The van der Waals surface area contributed by atoms with Crippen molar-refractivity contribution in [3.8, 4) is 0 Å². The molecule has 0 bridgehead atoms. The van der Waals surface area contributed by atoms with Gasteiger partial charge in [0.2, 0.25) is 0 Å². The molecule has 0 heterocycles. The molecule has 0 radical (unpaired) electrons. The van der Waals surface area contributed by atoms with Crippen molar-refractivity contribution >= 4 is 0 Å². The highest BCUT2D eigenvalue weighted by Gasteiger charge is 2.36. The zero-order valence-corrected chi connectivity index (χ0v) is 13.3. The van der Waals surface area contributed by atoms with Crippen LogP contribution in [0.3, 0.4) is 0 Å². The summed E-state index contributed by atoms with van der Waals surface area (Å²) in [4.78, 5) is 4.85. The third-order valence-corrected chi connectivity index (χ3v) is 4.63. The van der Waals surface area contributed by atoms with Gasteiger partial charge >= 0.3 is 0 Å². The lowest BCUT2D eigenvalue weighted by Gasteiger charge is -2.44. The number of nitrogens with one attached hydrogen (secondary N) is 1. The van der Waals surface area contributed by atoms with Crippen molar-refractivity contribution in [3.05, 3.63) is 0 Å². The first-order valence-electron chi connectivity index (χ1n) is 7.75. The highest BCUT2D eigenvalue weighted by atomic mass is 16.3. The Morgan fingerprint density at radius 2 is 2.05 bits per heavy atom. The van der Waals surface area contributed by atoms with Gasteiger partial charge in [-0.2, -0.15) is 0 Å². The number of rotatable bonds is 8. The summed E-state index contributed by atoms with van der Waals surface area (Å²) >= 11 is 0. The predicted octanol–water partition coefficient (Wildman–Crippen LogP) is 1.15. The van der Waals surface area contributed by atoms with Gasteiger partial charge in [0, 0.05) is 11.6 Å². The van der Waals surface area contributed by atoms with Crippen LogP contribution in [0.15, 0.2) is 0 Å². The summed E-state index contributed by atoms with van der Waals surface area (Å²) in [5.74, 6) is 0. The molecule has 0 amide bonds. The minimum Gasteiger partial charge on any atom is -0.394 e. The van der Waals surface area contributed by atoms with Crippen LogP contribution in [-0.4, -0.2) is 73.9 Å². The number of likely N-dealkylation sites (N-methyl/N-ethyl adjacent to an activating group) is 1. The maximum absolute atomic E-state index is 9.67. The second kappa shape index (κ2) is 8.20. The van der Waals surface area contributed by atoms with E-state index >= 15 is 0 Å². The van der Waals surface area contributed by atoms with Crippen molar-refractivity contribution in [3.63, 3.8) is 0 Å². The van der Waals surface area contributed by atoms with Gasteiger partial charge in [-0.05, 0) is 72.9 Å². The van der Waals surface area contributed by atoms with Gasteiger partial charge in [0.1, 0.15) is 0 Å². The molecule has 1 aliphatic carbocycles. The summed E-state index contributed by atoms with van der Waals surface area (Å²) in [6, 6.07) is 0.625. The van der Waals surface area contributed by atoms with Crippen LogP contribution in [0.25, 0.3) is 0 Å². The number of aliphatic hydroxyl groups is 1. The maximum Gasteiger partial charge on any atom is 0.0613 e. The molecule has 4 nitrogen and oxygen atoms in total. The minimum atomic E-state index is -0.0438. The molecule has 2 atom stereocenters. The average molecular weight is 271 g/mol. The second-order valence-corrected chi connectivity index (χ2v) is 6.22. The first-order valence-corrected chi connectivity index (χ1v) is 7.75. The van der Waals surface area contributed by atoms with Gasteiger partial charge in [0.25, 0.3) is 0 Å². The molecular weight excluding hydrogens is 238 g/mol. The van der Waals surface area contributed by atoms with Crippen LogP contribution in [0.2, 0.25) is 0 Å². The van der Waals surface area contributed by atoms with Crippen LogP contribution in [0, 0.1) is 0 Å². The average Bonchev–Trinajstić information content (AvgIpc) is 2.43. The minimum absolute atomic E-state index is 0.0438. The van der Waals surface area contributed by atoms with E-state index in [9.17, 15) is 5.11 Å². The van der Waals surface area contributed by atoms with Gasteiger partial charge in [0.05, 0.1) is 6.61 Å². The number of hydrogen-bond donors (Lipinski definition) is 2. The molecule has 0 aliphatic heterocycles. The highest BCUT2D eigenvalue weighted by molar-refractivity contribution is 4.95. The fourth-order valence-corrected chi connectivity index (χ4v) is 3.28. The van der Waals surface area contributed by atoms with Gasteiger partial charge in [-0.15, -0.1) is 0 Å². The smallest absolute Gasteiger partial charge is 0.0613 e. The van der Waals surface area contributed by atoms with Gasteiger partial charge in [-0.3, -0.25) is 0 Å².